The molecule has 5 heterocycles. The number of hydrogen-bond donors (Lipinski definition) is 1. The Hall–Kier alpha value is -4.88. The number of pyridine rings is 2. The molecule has 0 radical (unpaired) electrons. The van der Waals surface area contributed by atoms with Crippen molar-refractivity contribution in [2.75, 3.05) is 43.9 Å². The predicted molar refractivity (Wildman–Crippen MR) is 150 cm³/mol. The standard InChI is InChI=1S/C29H29N9O/c1-35-18-23(16-33-35)22-13-25(28-26(14-30)29(31)34-38(28)19-22)21-6-7-27(32-15-21)37-10-8-36(9-11-37)17-20-4-3-5-24(12-20)39-2/h3-7,12-13,15-16,18-19H,8-11,17H2,1-2H3,(H2,31,34). The van der Waals surface area contributed by atoms with Gasteiger partial charge in [0, 0.05) is 80.6 Å². The minimum absolute atomic E-state index is 0.207. The number of nitrogens with two attached hydrogens (primary N) is 1. The van der Waals surface area contributed by atoms with Crippen molar-refractivity contribution in [3.05, 3.63) is 78.4 Å². The van der Waals surface area contributed by atoms with Gasteiger partial charge in [0.2, 0.25) is 0 Å². The molecule has 1 aliphatic heterocycles. The number of piperazine rings is 1. The fourth-order valence-corrected chi connectivity index (χ4v) is 5.15. The second kappa shape index (κ2) is 10.1. The van der Waals surface area contributed by atoms with Crippen LogP contribution in [0.25, 0.3) is 27.8 Å². The Morgan fingerprint density at radius 2 is 1.85 bits per heavy atom. The summed E-state index contributed by atoms with van der Waals surface area (Å²) in [4.78, 5) is 9.58. The van der Waals surface area contributed by atoms with E-state index in [1.54, 1.807) is 22.5 Å². The number of aryl methyl sites for hydroxylation is 1. The molecule has 39 heavy (non-hydrogen) atoms. The van der Waals surface area contributed by atoms with E-state index in [0.717, 1.165) is 66.5 Å². The molecular formula is C29H29N9O. The molecule has 0 atom stereocenters. The molecule has 0 spiro atoms. The molecule has 10 nitrogen and oxygen atoms in total. The number of aromatic nitrogens is 5. The largest absolute Gasteiger partial charge is 0.497 e. The highest BCUT2D eigenvalue weighted by atomic mass is 16.5. The quantitative estimate of drug-likeness (QED) is 0.362. The Kier molecular flexibility index (Phi) is 6.34. The Labute approximate surface area is 226 Å². The lowest BCUT2D eigenvalue weighted by molar-refractivity contribution is 0.249. The zero-order chi connectivity index (χ0) is 26.9. The van der Waals surface area contributed by atoms with Crippen LogP contribution in [0.15, 0.2) is 67.3 Å². The summed E-state index contributed by atoms with van der Waals surface area (Å²) >= 11 is 0. The summed E-state index contributed by atoms with van der Waals surface area (Å²) in [6.45, 7) is 4.60. The second-order valence-electron chi connectivity index (χ2n) is 9.73. The molecule has 1 saturated heterocycles. The number of nitrogens with zero attached hydrogens (tertiary/aromatic N) is 8. The molecule has 0 saturated carbocycles. The molecule has 5 aromatic rings. The van der Waals surface area contributed by atoms with Gasteiger partial charge in [0.1, 0.15) is 23.2 Å². The third-order valence-corrected chi connectivity index (χ3v) is 7.20. The Bertz CT molecular complexity index is 1670. The van der Waals surface area contributed by atoms with Gasteiger partial charge in [-0.05, 0) is 35.9 Å². The van der Waals surface area contributed by atoms with Crippen LogP contribution < -0.4 is 15.4 Å². The van der Waals surface area contributed by atoms with Crippen LogP contribution in [0.2, 0.25) is 0 Å². The summed E-state index contributed by atoms with van der Waals surface area (Å²) in [6, 6.07) is 16.6. The Morgan fingerprint density at radius 3 is 2.54 bits per heavy atom. The van der Waals surface area contributed by atoms with E-state index < -0.39 is 0 Å². The van der Waals surface area contributed by atoms with E-state index in [0.29, 0.717) is 11.1 Å². The Balaban J connectivity index is 1.24. The summed E-state index contributed by atoms with van der Waals surface area (Å²) in [7, 11) is 3.58. The van der Waals surface area contributed by atoms with E-state index in [1.807, 2.05) is 49.9 Å². The van der Waals surface area contributed by atoms with Gasteiger partial charge in [-0.1, -0.05) is 12.1 Å². The average Bonchev–Trinajstić information content (AvgIpc) is 3.55. The molecule has 4 aromatic heterocycles. The van der Waals surface area contributed by atoms with Gasteiger partial charge in [0.05, 0.1) is 18.8 Å². The normalized spacial score (nSPS) is 14.0. The molecule has 1 aliphatic rings. The van der Waals surface area contributed by atoms with Gasteiger partial charge in [0.25, 0.3) is 0 Å². The minimum Gasteiger partial charge on any atom is -0.497 e. The average molecular weight is 520 g/mol. The fraction of sp³-hybridized carbons (Fsp3) is 0.241. The number of rotatable bonds is 6. The number of fused-ring (bicyclic) bond motifs is 1. The second-order valence-corrected chi connectivity index (χ2v) is 9.73. The van der Waals surface area contributed by atoms with Crippen molar-refractivity contribution in [1.29, 1.82) is 5.26 Å². The topological polar surface area (TPSA) is 114 Å². The number of methoxy groups -OCH3 is 1. The van der Waals surface area contributed by atoms with Crippen LogP contribution in [0.4, 0.5) is 11.6 Å². The van der Waals surface area contributed by atoms with E-state index in [9.17, 15) is 5.26 Å². The third kappa shape index (κ3) is 4.76. The van der Waals surface area contributed by atoms with Gasteiger partial charge >= 0.3 is 0 Å². The number of benzene rings is 1. The maximum atomic E-state index is 9.79. The van der Waals surface area contributed by atoms with Crippen LogP contribution in [0.1, 0.15) is 11.1 Å². The lowest BCUT2D eigenvalue weighted by Crippen LogP contribution is -2.46. The molecule has 2 N–H and O–H groups in total. The minimum atomic E-state index is 0.207. The van der Waals surface area contributed by atoms with Gasteiger partial charge in [-0.15, -0.1) is 5.10 Å². The first-order valence-corrected chi connectivity index (χ1v) is 12.8. The van der Waals surface area contributed by atoms with Crippen molar-refractivity contribution in [3.8, 4) is 34.1 Å². The van der Waals surface area contributed by atoms with Crippen LogP contribution >= 0.6 is 0 Å². The first kappa shape index (κ1) is 24.5. The van der Waals surface area contributed by atoms with E-state index in [1.165, 1.54) is 5.56 Å². The highest BCUT2D eigenvalue weighted by Crippen LogP contribution is 2.34. The van der Waals surface area contributed by atoms with E-state index in [2.05, 4.69) is 44.3 Å². The van der Waals surface area contributed by atoms with Crippen molar-refractivity contribution in [1.82, 2.24) is 29.3 Å². The number of ether oxygens (including phenoxy) is 1. The van der Waals surface area contributed by atoms with E-state index >= 15 is 0 Å². The maximum absolute atomic E-state index is 9.79. The zero-order valence-electron chi connectivity index (χ0n) is 21.9. The first-order chi connectivity index (χ1) is 19.0. The number of hydrogen-bond acceptors (Lipinski definition) is 8. The molecule has 0 amide bonds. The van der Waals surface area contributed by atoms with E-state index in [-0.39, 0.29) is 5.82 Å². The third-order valence-electron chi connectivity index (χ3n) is 7.20. The van der Waals surface area contributed by atoms with Crippen molar-refractivity contribution in [2.45, 2.75) is 6.54 Å². The van der Waals surface area contributed by atoms with Gasteiger partial charge in [-0.25, -0.2) is 9.50 Å². The van der Waals surface area contributed by atoms with Crippen LogP contribution in [0.3, 0.4) is 0 Å². The van der Waals surface area contributed by atoms with Crippen LogP contribution in [-0.4, -0.2) is 62.6 Å². The summed E-state index contributed by atoms with van der Waals surface area (Å²) < 4.78 is 8.80. The van der Waals surface area contributed by atoms with E-state index in [4.69, 9.17) is 15.5 Å². The van der Waals surface area contributed by atoms with Gasteiger partial charge in [0.15, 0.2) is 5.82 Å². The number of anilines is 2. The van der Waals surface area contributed by atoms with Crippen molar-refractivity contribution < 1.29 is 4.74 Å². The molecule has 196 valence electrons. The molecular weight excluding hydrogens is 490 g/mol. The van der Waals surface area contributed by atoms with Crippen molar-refractivity contribution in [2.24, 2.45) is 7.05 Å². The predicted octanol–water partition coefficient (Wildman–Crippen LogP) is 3.58. The highest BCUT2D eigenvalue weighted by Gasteiger charge is 2.20. The van der Waals surface area contributed by atoms with Gasteiger partial charge in [-0.2, -0.15) is 10.4 Å². The summed E-state index contributed by atoms with van der Waals surface area (Å²) in [5, 5.41) is 18.5. The molecule has 0 bridgehead atoms. The van der Waals surface area contributed by atoms with Crippen molar-refractivity contribution >= 4 is 17.2 Å². The molecule has 0 unspecified atom stereocenters. The molecule has 0 aliphatic carbocycles. The molecule has 1 fully saturated rings. The monoisotopic (exact) mass is 519 g/mol. The van der Waals surface area contributed by atoms with Crippen molar-refractivity contribution in [3.63, 3.8) is 0 Å². The first-order valence-electron chi connectivity index (χ1n) is 12.8. The molecule has 1 aromatic carbocycles. The number of nitriles is 1. The lowest BCUT2D eigenvalue weighted by atomic mass is 10.0. The molecule has 10 heteroatoms. The fourth-order valence-electron chi connectivity index (χ4n) is 5.15. The zero-order valence-corrected chi connectivity index (χ0v) is 21.9. The van der Waals surface area contributed by atoms with Gasteiger partial charge in [-0.3, -0.25) is 9.58 Å². The summed E-state index contributed by atoms with van der Waals surface area (Å²) in [6.07, 6.45) is 7.49. The van der Waals surface area contributed by atoms with Crippen LogP contribution in [0, 0.1) is 11.3 Å². The highest BCUT2D eigenvalue weighted by molar-refractivity contribution is 5.90. The Morgan fingerprint density at radius 1 is 1.00 bits per heavy atom. The van der Waals surface area contributed by atoms with Gasteiger partial charge < -0.3 is 15.4 Å². The SMILES string of the molecule is COc1cccc(CN2CCN(c3ccc(-c4cc(-c5cnn(C)c5)cn5nc(N)c(C#N)c45)cn3)CC2)c1. The maximum Gasteiger partial charge on any atom is 0.164 e. The summed E-state index contributed by atoms with van der Waals surface area (Å²) in [5.41, 5.74) is 12.0. The smallest absolute Gasteiger partial charge is 0.164 e. The molecule has 6 rings (SSSR count). The van der Waals surface area contributed by atoms with Crippen LogP contribution in [-0.2, 0) is 13.6 Å². The lowest BCUT2D eigenvalue weighted by Gasteiger charge is -2.35. The number of nitrogen functional groups attached to an aromatic ring is 1. The van der Waals surface area contributed by atoms with Crippen LogP contribution in [0.5, 0.6) is 5.75 Å². The summed E-state index contributed by atoms with van der Waals surface area (Å²) in [5.74, 6) is 2.03.